The van der Waals surface area contributed by atoms with E-state index in [1.807, 2.05) is 6.07 Å². The van der Waals surface area contributed by atoms with Crippen molar-refractivity contribution in [2.45, 2.75) is 16.8 Å². The monoisotopic (exact) mass is 370 g/mol. The third-order valence-corrected chi connectivity index (χ3v) is 5.25. The molecular formula is C20H18O5S. The molecule has 0 radical (unpaired) electrons. The van der Waals surface area contributed by atoms with Gasteiger partial charge in [-0.2, -0.15) is 0 Å². The molecule has 5 nitrogen and oxygen atoms in total. The first-order chi connectivity index (χ1) is 12.6. The Morgan fingerprint density at radius 2 is 1.50 bits per heavy atom. The van der Waals surface area contributed by atoms with Crippen LogP contribution in [-0.2, 0) is 9.47 Å². The van der Waals surface area contributed by atoms with Crippen LogP contribution in [0.1, 0.15) is 20.7 Å². The van der Waals surface area contributed by atoms with E-state index in [0.29, 0.717) is 16.7 Å². The van der Waals surface area contributed by atoms with Crippen LogP contribution in [0.25, 0.3) is 0 Å². The molecule has 3 unspecified atom stereocenters. The molecule has 134 valence electrons. The van der Waals surface area contributed by atoms with Crippen molar-refractivity contribution in [3.63, 3.8) is 0 Å². The molecule has 1 N–H and O–H groups in total. The molecule has 1 fully saturated rings. The van der Waals surface area contributed by atoms with Gasteiger partial charge in [0.2, 0.25) is 0 Å². The van der Waals surface area contributed by atoms with E-state index < -0.39 is 28.7 Å². The molecule has 0 spiro atoms. The molecule has 1 heterocycles. The van der Waals surface area contributed by atoms with Crippen LogP contribution in [0.15, 0.2) is 72.8 Å². The Bertz CT molecular complexity index is 790. The summed E-state index contributed by atoms with van der Waals surface area (Å²) in [7, 11) is 0. The first kappa shape index (κ1) is 18.2. The van der Waals surface area contributed by atoms with Gasteiger partial charge in [-0.15, -0.1) is 11.8 Å². The number of aliphatic hydroxyl groups is 1. The van der Waals surface area contributed by atoms with Crippen LogP contribution in [0.4, 0.5) is 0 Å². The Kier molecular flexibility index (Phi) is 5.75. The average molecular weight is 370 g/mol. The zero-order chi connectivity index (χ0) is 18.5. The van der Waals surface area contributed by atoms with Crippen LogP contribution in [-0.4, -0.2) is 40.4 Å². The lowest BCUT2D eigenvalue weighted by Crippen LogP contribution is -2.30. The number of carbonyl (C=O) groups excluding carboxylic acids is 2. The summed E-state index contributed by atoms with van der Waals surface area (Å²) in [5, 5.41) is 9.62. The van der Waals surface area contributed by atoms with Crippen LogP contribution >= 0.6 is 11.8 Å². The van der Waals surface area contributed by atoms with Crippen molar-refractivity contribution < 1.29 is 24.2 Å². The molecule has 26 heavy (non-hydrogen) atoms. The van der Waals surface area contributed by atoms with E-state index in [-0.39, 0.29) is 6.61 Å². The number of ether oxygens (including phenoxy) is 2. The number of esters is 2. The SMILES string of the molecule is C=C1C(O)SC(COC(=O)c2ccccc2)C1OC(=O)c1ccccc1. The molecule has 6 heteroatoms. The van der Waals surface area contributed by atoms with Crippen molar-refractivity contribution in [2.75, 3.05) is 6.61 Å². The van der Waals surface area contributed by atoms with Gasteiger partial charge in [-0.25, -0.2) is 9.59 Å². The molecule has 2 aromatic rings. The molecule has 0 bridgehead atoms. The molecule has 0 aromatic heterocycles. The van der Waals surface area contributed by atoms with Crippen molar-refractivity contribution in [1.82, 2.24) is 0 Å². The third kappa shape index (κ3) is 4.15. The maximum absolute atomic E-state index is 12.3. The molecule has 1 aliphatic heterocycles. The minimum Gasteiger partial charge on any atom is -0.461 e. The number of hydrogen-bond acceptors (Lipinski definition) is 6. The highest BCUT2D eigenvalue weighted by atomic mass is 32.2. The minimum atomic E-state index is -0.871. The number of thioether (sulfide) groups is 1. The van der Waals surface area contributed by atoms with E-state index in [1.165, 1.54) is 0 Å². The van der Waals surface area contributed by atoms with Crippen LogP contribution < -0.4 is 0 Å². The smallest absolute Gasteiger partial charge is 0.338 e. The maximum atomic E-state index is 12.3. The Labute approximate surface area is 155 Å². The van der Waals surface area contributed by atoms with Gasteiger partial charge in [0.25, 0.3) is 0 Å². The molecule has 1 saturated heterocycles. The Hall–Kier alpha value is -2.57. The summed E-state index contributed by atoms with van der Waals surface area (Å²) in [4.78, 5) is 24.4. The highest BCUT2D eigenvalue weighted by Gasteiger charge is 2.41. The molecule has 3 atom stereocenters. The van der Waals surface area contributed by atoms with Gasteiger partial charge in [0.15, 0.2) is 0 Å². The second-order valence-electron chi connectivity index (χ2n) is 5.76. The van der Waals surface area contributed by atoms with Crippen LogP contribution in [0.5, 0.6) is 0 Å². The quantitative estimate of drug-likeness (QED) is 0.644. The first-order valence-electron chi connectivity index (χ1n) is 8.06. The van der Waals surface area contributed by atoms with Gasteiger partial charge < -0.3 is 14.6 Å². The number of benzene rings is 2. The lowest BCUT2D eigenvalue weighted by atomic mass is 10.1. The number of aliphatic hydroxyl groups excluding tert-OH is 1. The maximum Gasteiger partial charge on any atom is 0.338 e. The molecular weight excluding hydrogens is 352 g/mol. The van der Waals surface area contributed by atoms with Gasteiger partial charge in [-0.3, -0.25) is 0 Å². The van der Waals surface area contributed by atoms with Crippen LogP contribution in [0, 0.1) is 0 Å². The highest BCUT2D eigenvalue weighted by molar-refractivity contribution is 8.01. The molecule has 0 aliphatic carbocycles. The van der Waals surface area contributed by atoms with Gasteiger partial charge in [0, 0.05) is 5.57 Å². The number of carbonyl (C=O) groups is 2. The fourth-order valence-corrected chi connectivity index (χ4v) is 3.71. The van der Waals surface area contributed by atoms with Gasteiger partial charge in [0.05, 0.1) is 16.4 Å². The standard InChI is InChI=1S/C20H18O5S/c1-13-17(25-19(22)15-10-6-3-7-11-15)16(26-20(13)23)12-24-18(21)14-8-4-2-5-9-14/h2-11,16-17,20,23H,1,12H2. The topological polar surface area (TPSA) is 72.8 Å². The van der Waals surface area contributed by atoms with Crippen molar-refractivity contribution in [2.24, 2.45) is 0 Å². The molecule has 2 aromatic carbocycles. The van der Waals surface area contributed by atoms with Crippen molar-refractivity contribution in [3.8, 4) is 0 Å². The van der Waals surface area contributed by atoms with Crippen molar-refractivity contribution in [3.05, 3.63) is 83.9 Å². The number of rotatable bonds is 5. The summed E-state index contributed by atoms with van der Waals surface area (Å²) in [6.07, 6.45) is -0.730. The predicted molar refractivity (Wildman–Crippen MR) is 98.9 cm³/mol. The summed E-state index contributed by atoms with van der Waals surface area (Å²) in [5.74, 6) is -0.975. The number of hydrogen-bond donors (Lipinski definition) is 1. The second kappa shape index (κ2) is 8.21. The van der Waals surface area contributed by atoms with Gasteiger partial charge in [-0.05, 0) is 24.3 Å². The summed E-state index contributed by atoms with van der Waals surface area (Å²) < 4.78 is 10.8. The van der Waals surface area contributed by atoms with E-state index in [2.05, 4.69) is 6.58 Å². The van der Waals surface area contributed by atoms with Crippen LogP contribution in [0.3, 0.4) is 0 Å². The summed E-state index contributed by atoms with van der Waals surface area (Å²) >= 11 is 1.16. The van der Waals surface area contributed by atoms with Crippen molar-refractivity contribution in [1.29, 1.82) is 0 Å². The third-order valence-electron chi connectivity index (χ3n) is 3.96. The molecule has 0 amide bonds. The lowest BCUT2D eigenvalue weighted by molar-refractivity contribution is 0.0282. The Morgan fingerprint density at radius 1 is 0.962 bits per heavy atom. The minimum absolute atomic E-state index is 0.00120. The largest absolute Gasteiger partial charge is 0.461 e. The lowest BCUT2D eigenvalue weighted by Gasteiger charge is -2.19. The highest BCUT2D eigenvalue weighted by Crippen LogP contribution is 2.38. The van der Waals surface area contributed by atoms with Gasteiger partial charge in [0.1, 0.15) is 18.1 Å². The van der Waals surface area contributed by atoms with Gasteiger partial charge >= 0.3 is 11.9 Å². The molecule has 3 rings (SSSR count). The Balaban J connectivity index is 1.64. The van der Waals surface area contributed by atoms with Gasteiger partial charge in [-0.1, -0.05) is 43.0 Å². The predicted octanol–water partition coefficient (Wildman–Crippen LogP) is 3.06. The van der Waals surface area contributed by atoms with Crippen molar-refractivity contribution >= 4 is 23.7 Å². The zero-order valence-electron chi connectivity index (χ0n) is 13.9. The second-order valence-corrected chi connectivity index (χ2v) is 7.08. The van der Waals surface area contributed by atoms with E-state index in [4.69, 9.17) is 9.47 Å². The molecule has 0 saturated carbocycles. The average Bonchev–Trinajstić information content (AvgIpc) is 2.95. The molecule has 1 aliphatic rings. The summed E-state index contributed by atoms with van der Waals surface area (Å²) in [6, 6.07) is 17.2. The summed E-state index contributed by atoms with van der Waals surface area (Å²) in [5.41, 5.74) is 0.364. The Morgan fingerprint density at radius 3 is 2.08 bits per heavy atom. The fraction of sp³-hybridized carbons (Fsp3) is 0.200. The summed E-state index contributed by atoms with van der Waals surface area (Å²) in [6.45, 7) is 3.81. The van der Waals surface area contributed by atoms with E-state index in [0.717, 1.165) is 11.8 Å². The first-order valence-corrected chi connectivity index (χ1v) is 9.01. The fourth-order valence-electron chi connectivity index (χ4n) is 2.55. The zero-order valence-corrected chi connectivity index (χ0v) is 14.7. The van der Waals surface area contributed by atoms with E-state index in [1.54, 1.807) is 54.6 Å². The van der Waals surface area contributed by atoms with Crippen LogP contribution in [0.2, 0.25) is 0 Å². The van der Waals surface area contributed by atoms with E-state index in [9.17, 15) is 14.7 Å². The van der Waals surface area contributed by atoms with E-state index >= 15 is 0 Å². The normalized spacial score (nSPS) is 22.0.